The van der Waals surface area contributed by atoms with Gasteiger partial charge in [0.2, 0.25) is 0 Å². The second-order valence-corrected chi connectivity index (χ2v) is 5.16. The van der Waals surface area contributed by atoms with Crippen LogP contribution in [0.4, 0.5) is 0 Å². The molecule has 0 spiro atoms. The third kappa shape index (κ3) is 2.21. The highest BCUT2D eigenvalue weighted by Gasteiger charge is 2.11. The van der Waals surface area contributed by atoms with Crippen LogP contribution < -0.4 is 5.43 Å². The number of rotatable bonds is 3. The van der Waals surface area contributed by atoms with Gasteiger partial charge in [-0.15, -0.1) is 11.3 Å². The number of nitrogens with one attached hydrogen (secondary N) is 1. The highest BCUT2D eigenvalue weighted by atomic mass is 35.5. The van der Waals surface area contributed by atoms with E-state index in [4.69, 9.17) is 16.0 Å². The van der Waals surface area contributed by atoms with Crippen molar-refractivity contribution in [2.75, 3.05) is 0 Å². The number of carbonyl (C=O) groups is 1. The molecule has 3 rings (SSSR count). The molecule has 0 aliphatic rings. The minimum absolute atomic E-state index is 0.338. The third-order valence-corrected chi connectivity index (χ3v) is 3.75. The smallest absolute Gasteiger partial charge is 0.274 e. The predicted molar refractivity (Wildman–Crippen MR) is 76.6 cm³/mol. The van der Waals surface area contributed by atoms with Gasteiger partial charge in [-0.3, -0.25) is 9.20 Å². The Balaban J connectivity index is 1.78. The van der Waals surface area contributed by atoms with Gasteiger partial charge in [-0.1, -0.05) is 11.6 Å². The predicted octanol–water partition coefficient (Wildman–Crippen LogP) is 2.71. The van der Waals surface area contributed by atoms with Crippen molar-refractivity contribution >= 4 is 40.0 Å². The van der Waals surface area contributed by atoms with Crippen LogP contribution in [0.3, 0.4) is 0 Å². The molecular formula is C12H9ClN4O2S. The number of aryl methyl sites for hydroxylation is 1. The van der Waals surface area contributed by atoms with Crippen LogP contribution in [0.1, 0.15) is 21.8 Å². The van der Waals surface area contributed by atoms with E-state index in [1.54, 1.807) is 17.4 Å². The first-order chi connectivity index (χ1) is 9.66. The maximum absolute atomic E-state index is 11.8. The van der Waals surface area contributed by atoms with Crippen LogP contribution in [0.5, 0.6) is 0 Å². The van der Waals surface area contributed by atoms with Crippen molar-refractivity contribution in [3.63, 3.8) is 0 Å². The van der Waals surface area contributed by atoms with Gasteiger partial charge in [-0.25, -0.2) is 10.4 Å². The molecule has 0 saturated heterocycles. The molecule has 0 atom stereocenters. The third-order valence-electron chi connectivity index (χ3n) is 2.71. The highest BCUT2D eigenvalue weighted by Crippen LogP contribution is 2.19. The Labute approximate surface area is 122 Å². The van der Waals surface area contributed by atoms with Crippen molar-refractivity contribution in [3.05, 3.63) is 46.1 Å². The lowest BCUT2D eigenvalue weighted by molar-refractivity contribution is 0.0953. The molecule has 3 aromatic heterocycles. The molecule has 1 N–H and O–H groups in total. The highest BCUT2D eigenvalue weighted by molar-refractivity contribution is 7.15. The lowest BCUT2D eigenvalue weighted by Gasteiger charge is -1.97. The first-order valence-electron chi connectivity index (χ1n) is 5.65. The SMILES string of the molecule is Cc1occc1C(=O)N/N=C\c1c(Cl)nc2sccn12. The molecule has 0 unspecified atom stereocenters. The number of fused-ring (bicyclic) bond motifs is 1. The van der Waals surface area contributed by atoms with Crippen molar-refractivity contribution < 1.29 is 9.21 Å². The van der Waals surface area contributed by atoms with Crippen molar-refractivity contribution in [1.82, 2.24) is 14.8 Å². The molecule has 102 valence electrons. The van der Waals surface area contributed by atoms with Crippen LogP contribution in [0.15, 0.2) is 33.4 Å². The summed E-state index contributed by atoms with van der Waals surface area (Å²) in [6.45, 7) is 1.71. The maximum atomic E-state index is 11.8. The van der Waals surface area contributed by atoms with E-state index in [2.05, 4.69) is 15.5 Å². The summed E-state index contributed by atoms with van der Waals surface area (Å²) < 4.78 is 6.86. The zero-order chi connectivity index (χ0) is 14.1. The van der Waals surface area contributed by atoms with E-state index >= 15 is 0 Å². The molecule has 0 aliphatic carbocycles. The molecule has 0 fully saturated rings. The number of nitrogens with zero attached hydrogens (tertiary/aromatic N) is 3. The number of amides is 1. The van der Waals surface area contributed by atoms with Gasteiger partial charge in [-0.05, 0) is 13.0 Å². The number of carbonyl (C=O) groups excluding carboxylic acids is 1. The van der Waals surface area contributed by atoms with E-state index in [9.17, 15) is 4.79 Å². The first-order valence-corrected chi connectivity index (χ1v) is 6.91. The van der Waals surface area contributed by atoms with Gasteiger partial charge < -0.3 is 4.42 Å². The Hall–Kier alpha value is -2.12. The summed E-state index contributed by atoms with van der Waals surface area (Å²) in [6, 6.07) is 1.59. The fourth-order valence-corrected chi connectivity index (χ4v) is 2.72. The normalized spacial score (nSPS) is 11.5. The van der Waals surface area contributed by atoms with Crippen LogP contribution >= 0.6 is 22.9 Å². The number of aromatic nitrogens is 2. The topological polar surface area (TPSA) is 71.9 Å². The fourth-order valence-electron chi connectivity index (χ4n) is 1.73. The molecule has 0 aliphatic heterocycles. The zero-order valence-electron chi connectivity index (χ0n) is 10.3. The number of imidazole rings is 1. The standard InChI is InChI=1S/C12H9ClN4O2S/c1-7-8(2-4-19-7)11(18)16-14-6-9-10(13)15-12-17(9)3-5-20-12/h2-6H,1H3,(H,16,18)/b14-6-. The molecule has 1 amide bonds. The van der Waals surface area contributed by atoms with Crippen molar-refractivity contribution in [2.45, 2.75) is 6.92 Å². The molecule has 0 saturated carbocycles. The van der Waals surface area contributed by atoms with E-state index in [1.165, 1.54) is 23.8 Å². The quantitative estimate of drug-likeness (QED) is 0.597. The summed E-state index contributed by atoms with van der Waals surface area (Å²) in [5, 5.41) is 6.13. The van der Waals surface area contributed by atoms with E-state index < -0.39 is 0 Å². The Kier molecular flexibility index (Phi) is 3.29. The van der Waals surface area contributed by atoms with Crippen LogP contribution in [0, 0.1) is 6.92 Å². The van der Waals surface area contributed by atoms with E-state index in [1.807, 2.05) is 11.6 Å². The number of furan rings is 1. The van der Waals surface area contributed by atoms with Gasteiger partial charge in [0.05, 0.1) is 18.0 Å². The summed E-state index contributed by atoms with van der Waals surface area (Å²) in [5.41, 5.74) is 3.49. The number of thiazole rings is 1. The van der Waals surface area contributed by atoms with Crippen LogP contribution in [-0.4, -0.2) is 21.5 Å². The molecule has 20 heavy (non-hydrogen) atoms. The molecule has 3 heterocycles. The molecule has 3 aromatic rings. The summed E-state index contributed by atoms with van der Waals surface area (Å²) in [6.07, 6.45) is 4.75. The number of hydrogen-bond donors (Lipinski definition) is 1. The van der Waals surface area contributed by atoms with Crippen molar-refractivity contribution in [2.24, 2.45) is 5.10 Å². The van der Waals surface area contributed by atoms with Crippen LogP contribution in [0.25, 0.3) is 4.96 Å². The maximum Gasteiger partial charge on any atom is 0.274 e. The lowest BCUT2D eigenvalue weighted by Crippen LogP contribution is -2.17. The Morgan fingerprint density at radius 1 is 1.65 bits per heavy atom. The minimum atomic E-state index is -0.338. The second kappa shape index (κ2) is 5.10. The Bertz CT molecular complexity index is 801. The molecule has 0 bridgehead atoms. The van der Waals surface area contributed by atoms with Crippen molar-refractivity contribution in [3.8, 4) is 0 Å². The molecule has 0 radical (unpaired) electrons. The van der Waals surface area contributed by atoms with Gasteiger partial charge in [0.25, 0.3) is 5.91 Å². The molecule has 0 aromatic carbocycles. The molecule has 6 nitrogen and oxygen atoms in total. The van der Waals surface area contributed by atoms with Crippen LogP contribution in [-0.2, 0) is 0 Å². The molecular weight excluding hydrogens is 300 g/mol. The summed E-state index contributed by atoms with van der Waals surface area (Å²) in [7, 11) is 0. The van der Waals surface area contributed by atoms with Crippen molar-refractivity contribution in [1.29, 1.82) is 0 Å². The Morgan fingerprint density at radius 3 is 3.25 bits per heavy atom. The second-order valence-electron chi connectivity index (χ2n) is 3.93. The number of hydrazone groups is 1. The van der Waals surface area contributed by atoms with E-state index in [-0.39, 0.29) is 5.91 Å². The van der Waals surface area contributed by atoms with E-state index in [0.717, 1.165) is 4.96 Å². The van der Waals surface area contributed by atoms with Crippen LogP contribution in [0.2, 0.25) is 5.15 Å². The molecule has 8 heteroatoms. The van der Waals surface area contributed by atoms with E-state index in [0.29, 0.717) is 22.2 Å². The number of halogens is 1. The Morgan fingerprint density at radius 2 is 2.50 bits per heavy atom. The zero-order valence-corrected chi connectivity index (χ0v) is 11.9. The lowest BCUT2D eigenvalue weighted by atomic mass is 10.2. The van der Waals surface area contributed by atoms with Gasteiger partial charge in [0, 0.05) is 11.6 Å². The first kappa shape index (κ1) is 12.9. The summed E-state index contributed by atoms with van der Waals surface area (Å²) in [5.74, 6) is 0.204. The average molecular weight is 309 g/mol. The van der Waals surface area contributed by atoms with Gasteiger partial charge in [0.15, 0.2) is 10.1 Å². The number of hydrogen-bond acceptors (Lipinski definition) is 5. The van der Waals surface area contributed by atoms with Gasteiger partial charge in [0.1, 0.15) is 11.5 Å². The monoisotopic (exact) mass is 308 g/mol. The summed E-state index contributed by atoms with van der Waals surface area (Å²) >= 11 is 7.47. The largest absolute Gasteiger partial charge is 0.469 e. The average Bonchev–Trinajstić information content (AvgIpc) is 3.08. The summed E-state index contributed by atoms with van der Waals surface area (Å²) in [4.78, 5) is 16.7. The minimum Gasteiger partial charge on any atom is -0.469 e. The van der Waals surface area contributed by atoms with Gasteiger partial charge >= 0.3 is 0 Å². The van der Waals surface area contributed by atoms with Gasteiger partial charge in [-0.2, -0.15) is 5.10 Å². The fraction of sp³-hybridized carbons (Fsp3) is 0.0833.